The summed E-state index contributed by atoms with van der Waals surface area (Å²) >= 11 is 0. The predicted molar refractivity (Wildman–Crippen MR) is 78.0 cm³/mol. The summed E-state index contributed by atoms with van der Waals surface area (Å²) in [4.78, 5) is 14.8. The molecule has 0 saturated heterocycles. The number of nitro groups is 1. The molecule has 1 aromatic heterocycles. The monoisotopic (exact) mass is 274 g/mol. The first kappa shape index (κ1) is 14.0. The number of nitrogens with one attached hydrogen (secondary N) is 1. The van der Waals surface area contributed by atoms with Crippen molar-refractivity contribution in [3.8, 4) is 0 Å². The van der Waals surface area contributed by atoms with E-state index in [4.69, 9.17) is 0 Å². The second-order valence-electron chi connectivity index (χ2n) is 4.58. The maximum absolute atomic E-state index is 10.9. The molecule has 0 bridgehead atoms. The fourth-order valence-electron chi connectivity index (χ4n) is 2.17. The van der Waals surface area contributed by atoms with E-state index in [0.717, 1.165) is 24.2 Å². The highest BCUT2D eigenvalue weighted by atomic mass is 16.6. The molecule has 106 valence electrons. The number of hydrogen-bond donors (Lipinski definition) is 1. The van der Waals surface area contributed by atoms with Gasteiger partial charge in [0.15, 0.2) is 0 Å². The summed E-state index contributed by atoms with van der Waals surface area (Å²) in [6.45, 7) is 2.78. The van der Waals surface area contributed by atoms with Gasteiger partial charge in [0.2, 0.25) is 0 Å². The molecule has 6 heteroatoms. The van der Waals surface area contributed by atoms with Gasteiger partial charge in [0.1, 0.15) is 11.5 Å². The van der Waals surface area contributed by atoms with Gasteiger partial charge in [-0.15, -0.1) is 0 Å². The van der Waals surface area contributed by atoms with Crippen molar-refractivity contribution in [2.75, 3.05) is 12.4 Å². The van der Waals surface area contributed by atoms with Crippen molar-refractivity contribution >= 4 is 11.4 Å². The summed E-state index contributed by atoms with van der Waals surface area (Å²) in [7, 11) is 1.69. The van der Waals surface area contributed by atoms with Crippen molar-refractivity contribution < 1.29 is 4.92 Å². The molecule has 2 aromatic rings. The highest BCUT2D eigenvalue weighted by Gasteiger charge is 2.13. The lowest BCUT2D eigenvalue weighted by Gasteiger charge is -2.09. The van der Waals surface area contributed by atoms with E-state index < -0.39 is 0 Å². The Kier molecular flexibility index (Phi) is 4.34. The van der Waals surface area contributed by atoms with Crippen LogP contribution in [0.2, 0.25) is 0 Å². The van der Waals surface area contributed by atoms with E-state index in [1.165, 1.54) is 6.07 Å². The van der Waals surface area contributed by atoms with Crippen molar-refractivity contribution in [2.45, 2.75) is 26.3 Å². The molecule has 0 unspecified atom stereocenters. The Morgan fingerprint density at radius 2 is 2.25 bits per heavy atom. The number of nitro benzene ring substituents is 1. The van der Waals surface area contributed by atoms with Gasteiger partial charge in [-0.2, -0.15) is 0 Å². The normalized spacial score (nSPS) is 10.5. The Balaban J connectivity index is 2.25. The van der Waals surface area contributed by atoms with E-state index in [1.807, 2.05) is 12.3 Å². The number of aryl methyl sites for hydroxylation is 1. The minimum Gasteiger partial charge on any atom is -0.383 e. The Morgan fingerprint density at radius 3 is 2.90 bits per heavy atom. The summed E-state index contributed by atoms with van der Waals surface area (Å²) in [5, 5.41) is 13.8. The van der Waals surface area contributed by atoms with Crippen molar-refractivity contribution in [3.05, 3.63) is 52.1 Å². The lowest BCUT2D eigenvalue weighted by molar-refractivity contribution is -0.383. The molecule has 2 rings (SSSR count). The second-order valence-corrected chi connectivity index (χ2v) is 4.58. The van der Waals surface area contributed by atoms with Crippen molar-refractivity contribution in [2.24, 2.45) is 0 Å². The average Bonchev–Trinajstić information content (AvgIpc) is 2.86. The Hall–Kier alpha value is -2.37. The fourth-order valence-corrected chi connectivity index (χ4v) is 2.17. The summed E-state index contributed by atoms with van der Waals surface area (Å²) in [6.07, 6.45) is 5.69. The number of anilines is 1. The molecule has 0 aliphatic carbocycles. The molecule has 0 amide bonds. The molecule has 20 heavy (non-hydrogen) atoms. The Labute approximate surface area is 117 Å². The molecule has 0 aliphatic rings. The number of aromatic nitrogens is 2. The SMILES string of the molecule is CCCc1nccn1Cc1ccc([N+](=O)[O-])c(NC)c1. The summed E-state index contributed by atoms with van der Waals surface area (Å²) in [5.74, 6) is 1.04. The number of rotatable bonds is 6. The van der Waals surface area contributed by atoms with Crippen molar-refractivity contribution in [1.82, 2.24) is 9.55 Å². The smallest absolute Gasteiger partial charge is 0.292 e. The first-order valence-corrected chi connectivity index (χ1v) is 6.60. The van der Waals surface area contributed by atoms with Gasteiger partial charge >= 0.3 is 0 Å². The highest BCUT2D eigenvalue weighted by molar-refractivity contribution is 5.62. The number of hydrogen-bond acceptors (Lipinski definition) is 4. The van der Waals surface area contributed by atoms with Crippen LogP contribution >= 0.6 is 0 Å². The first-order chi connectivity index (χ1) is 9.65. The summed E-state index contributed by atoms with van der Waals surface area (Å²) < 4.78 is 2.07. The molecule has 0 aliphatic heterocycles. The minimum absolute atomic E-state index is 0.0932. The molecule has 1 aromatic carbocycles. The number of imidazole rings is 1. The molecule has 0 spiro atoms. The zero-order valence-corrected chi connectivity index (χ0v) is 11.7. The molecule has 0 fully saturated rings. The van der Waals surface area contributed by atoms with Crippen LogP contribution < -0.4 is 5.32 Å². The van der Waals surface area contributed by atoms with Gasteiger partial charge in [-0.1, -0.05) is 13.0 Å². The Morgan fingerprint density at radius 1 is 1.45 bits per heavy atom. The lowest BCUT2D eigenvalue weighted by Crippen LogP contribution is -2.05. The molecule has 6 nitrogen and oxygen atoms in total. The third kappa shape index (κ3) is 2.96. The quantitative estimate of drug-likeness (QED) is 0.649. The van der Waals surface area contributed by atoms with Crippen LogP contribution in [0.3, 0.4) is 0 Å². The number of benzene rings is 1. The minimum atomic E-state index is -0.380. The topological polar surface area (TPSA) is 73.0 Å². The van der Waals surface area contributed by atoms with Gasteiger partial charge in [-0.05, 0) is 18.1 Å². The van der Waals surface area contributed by atoms with Crippen LogP contribution in [0.1, 0.15) is 24.7 Å². The zero-order valence-electron chi connectivity index (χ0n) is 11.7. The van der Waals surface area contributed by atoms with Crippen LogP contribution in [0.15, 0.2) is 30.6 Å². The van der Waals surface area contributed by atoms with Crippen LogP contribution in [0.25, 0.3) is 0 Å². The van der Waals surface area contributed by atoms with E-state index in [9.17, 15) is 10.1 Å². The maximum atomic E-state index is 10.9. The second kappa shape index (κ2) is 6.18. The third-order valence-electron chi connectivity index (χ3n) is 3.16. The van der Waals surface area contributed by atoms with E-state index in [-0.39, 0.29) is 10.6 Å². The largest absolute Gasteiger partial charge is 0.383 e. The van der Waals surface area contributed by atoms with Gasteiger partial charge < -0.3 is 9.88 Å². The van der Waals surface area contributed by atoms with E-state index in [1.54, 1.807) is 19.3 Å². The van der Waals surface area contributed by atoms with Crippen LogP contribution in [0.5, 0.6) is 0 Å². The van der Waals surface area contributed by atoms with E-state index in [0.29, 0.717) is 12.2 Å². The lowest BCUT2D eigenvalue weighted by atomic mass is 10.1. The molecule has 1 heterocycles. The molecular formula is C14H18N4O2. The van der Waals surface area contributed by atoms with Gasteiger partial charge in [0, 0.05) is 38.5 Å². The summed E-state index contributed by atoms with van der Waals surface area (Å²) in [5.41, 5.74) is 1.63. The molecule has 0 atom stereocenters. The van der Waals surface area contributed by atoms with Crippen molar-refractivity contribution in [1.29, 1.82) is 0 Å². The van der Waals surface area contributed by atoms with E-state index in [2.05, 4.69) is 21.8 Å². The predicted octanol–water partition coefficient (Wildman–Crippen LogP) is 2.83. The van der Waals surface area contributed by atoms with Crippen LogP contribution in [-0.4, -0.2) is 21.5 Å². The fraction of sp³-hybridized carbons (Fsp3) is 0.357. The van der Waals surface area contributed by atoms with E-state index >= 15 is 0 Å². The maximum Gasteiger partial charge on any atom is 0.292 e. The number of nitrogens with zero attached hydrogens (tertiary/aromatic N) is 3. The highest BCUT2D eigenvalue weighted by Crippen LogP contribution is 2.25. The molecule has 0 radical (unpaired) electrons. The van der Waals surface area contributed by atoms with Crippen LogP contribution in [0, 0.1) is 10.1 Å². The third-order valence-corrected chi connectivity index (χ3v) is 3.16. The van der Waals surface area contributed by atoms with Gasteiger partial charge in [-0.3, -0.25) is 10.1 Å². The molecular weight excluding hydrogens is 256 g/mol. The molecule has 0 saturated carbocycles. The van der Waals surface area contributed by atoms with Gasteiger partial charge in [0.25, 0.3) is 5.69 Å². The summed E-state index contributed by atoms with van der Waals surface area (Å²) in [6, 6.07) is 5.14. The van der Waals surface area contributed by atoms with Gasteiger partial charge in [-0.25, -0.2) is 4.98 Å². The first-order valence-electron chi connectivity index (χ1n) is 6.60. The van der Waals surface area contributed by atoms with Crippen molar-refractivity contribution in [3.63, 3.8) is 0 Å². The standard InChI is InChI=1S/C14H18N4O2/c1-3-4-14-16-7-8-17(14)10-11-5-6-13(18(19)20)12(9-11)15-2/h5-9,15H,3-4,10H2,1-2H3. The average molecular weight is 274 g/mol. The van der Waals surface area contributed by atoms with Gasteiger partial charge in [0.05, 0.1) is 4.92 Å². The van der Waals surface area contributed by atoms with Crippen LogP contribution in [0.4, 0.5) is 11.4 Å². The Bertz CT molecular complexity index is 607. The zero-order chi connectivity index (χ0) is 14.5. The molecule has 1 N–H and O–H groups in total. The van der Waals surface area contributed by atoms with Crippen LogP contribution in [-0.2, 0) is 13.0 Å².